The van der Waals surface area contributed by atoms with Crippen LogP contribution < -0.4 is 10.1 Å². The number of aromatic nitrogens is 1. The first-order valence-electron chi connectivity index (χ1n) is 5.05. The molecule has 17 heavy (non-hydrogen) atoms. The number of aliphatic imine (C=N–C) groups is 1. The summed E-state index contributed by atoms with van der Waals surface area (Å²) in [6, 6.07) is 5.25. The molecule has 0 aliphatic rings. The molecule has 0 unspecified atom stereocenters. The van der Waals surface area contributed by atoms with Gasteiger partial charge in [-0.25, -0.2) is 14.4 Å². The van der Waals surface area contributed by atoms with Crippen molar-refractivity contribution in [3.05, 3.63) is 18.2 Å². The minimum Gasteiger partial charge on any atom is -0.463 e. The van der Waals surface area contributed by atoms with Crippen LogP contribution in [0.25, 0.3) is 10.2 Å². The van der Waals surface area contributed by atoms with Gasteiger partial charge in [-0.1, -0.05) is 11.3 Å². The Kier molecular flexibility index (Phi) is 3.53. The Morgan fingerprint density at radius 2 is 2.41 bits per heavy atom. The predicted octanol–water partition coefficient (Wildman–Crippen LogP) is 2.87. The summed E-state index contributed by atoms with van der Waals surface area (Å²) in [6.45, 7) is 1.04. The summed E-state index contributed by atoms with van der Waals surface area (Å²) in [7, 11) is 1.80. The maximum absolute atomic E-state index is 12.0. The largest absolute Gasteiger partial charge is 0.463 e. The molecule has 6 heteroatoms. The summed E-state index contributed by atoms with van der Waals surface area (Å²) in [5, 5.41) is 3.60. The molecule has 0 saturated carbocycles. The van der Waals surface area contributed by atoms with Crippen LogP contribution in [0, 0.1) is 0 Å². The standard InChI is InChI=1S/C11H12FN3OS/c1-7(13-2)14-11-15-9-4-3-8(16-6-12)5-10(9)17-11/h3-5H,6H2,1-2H3,(H,13,14,15). The minimum atomic E-state index is -0.825. The van der Waals surface area contributed by atoms with Gasteiger partial charge in [0.25, 0.3) is 0 Å². The zero-order valence-electron chi connectivity index (χ0n) is 9.53. The molecular formula is C11H12FN3OS. The second-order valence-corrected chi connectivity index (χ2v) is 4.34. The van der Waals surface area contributed by atoms with E-state index >= 15 is 0 Å². The molecule has 90 valence electrons. The molecule has 0 aliphatic carbocycles. The van der Waals surface area contributed by atoms with Crippen LogP contribution in [0.4, 0.5) is 9.52 Å². The summed E-state index contributed by atoms with van der Waals surface area (Å²) in [6.07, 6.45) is 0. The highest BCUT2D eigenvalue weighted by molar-refractivity contribution is 7.22. The molecule has 2 aromatic rings. The zero-order chi connectivity index (χ0) is 12.3. The Bertz CT molecular complexity index is 553. The van der Waals surface area contributed by atoms with E-state index in [1.807, 2.05) is 6.92 Å². The SMILES string of the molecule is CN/C(C)=N\c1nc2ccc(OCF)cc2s1. The van der Waals surface area contributed by atoms with Gasteiger partial charge in [-0.3, -0.25) is 0 Å². The van der Waals surface area contributed by atoms with E-state index in [1.54, 1.807) is 25.2 Å². The van der Waals surface area contributed by atoms with Crippen LogP contribution in [0.1, 0.15) is 6.92 Å². The molecule has 0 radical (unpaired) electrons. The van der Waals surface area contributed by atoms with Gasteiger partial charge in [0.2, 0.25) is 12.0 Å². The lowest BCUT2D eigenvalue weighted by Crippen LogP contribution is -2.12. The number of ether oxygens (including phenoxy) is 1. The van der Waals surface area contributed by atoms with E-state index in [2.05, 4.69) is 15.3 Å². The fraction of sp³-hybridized carbons (Fsp3) is 0.273. The molecule has 1 aromatic heterocycles. The molecule has 2 rings (SSSR count). The van der Waals surface area contributed by atoms with Crippen LogP contribution in [-0.2, 0) is 0 Å². The first-order valence-corrected chi connectivity index (χ1v) is 5.87. The van der Waals surface area contributed by atoms with Crippen LogP contribution in [0.3, 0.4) is 0 Å². The summed E-state index contributed by atoms with van der Waals surface area (Å²) < 4.78 is 17.8. The molecule has 0 aliphatic heterocycles. The molecular weight excluding hydrogens is 241 g/mol. The fourth-order valence-corrected chi connectivity index (χ4v) is 2.21. The lowest BCUT2D eigenvalue weighted by Gasteiger charge is -1.98. The van der Waals surface area contributed by atoms with Crippen molar-refractivity contribution in [3.8, 4) is 5.75 Å². The van der Waals surface area contributed by atoms with Gasteiger partial charge < -0.3 is 10.1 Å². The Hall–Kier alpha value is -1.69. The highest BCUT2D eigenvalue weighted by Crippen LogP contribution is 2.30. The van der Waals surface area contributed by atoms with Gasteiger partial charge in [-0.15, -0.1) is 0 Å². The van der Waals surface area contributed by atoms with Crippen molar-refractivity contribution in [1.82, 2.24) is 10.3 Å². The van der Waals surface area contributed by atoms with Crippen LogP contribution in [0.15, 0.2) is 23.2 Å². The quantitative estimate of drug-likeness (QED) is 0.676. The number of fused-ring (bicyclic) bond motifs is 1. The molecule has 4 nitrogen and oxygen atoms in total. The van der Waals surface area contributed by atoms with E-state index in [9.17, 15) is 4.39 Å². The number of halogens is 1. The topological polar surface area (TPSA) is 46.5 Å². The number of nitrogens with one attached hydrogen (secondary N) is 1. The Morgan fingerprint density at radius 1 is 1.59 bits per heavy atom. The van der Waals surface area contributed by atoms with E-state index in [4.69, 9.17) is 4.74 Å². The van der Waals surface area contributed by atoms with Crippen LogP contribution >= 0.6 is 11.3 Å². The van der Waals surface area contributed by atoms with Crippen molar-refractivity contribution >= 4 is 32.5 Å². The van der Waals surface area contributed by atoms with Gasteiger partial charge in [0.05, 0.1) is 10.2 Å². The second kappa shape index (κ2) is 5.09. The number of nitrogens with zero attached hydrogens (tertiary/aromatic N) is 2. The first kappa shape index (κ1) is 11.8. The smallest absolute Gasteiger partial charge is 0.228 e. The maximum atomic E-state index is 12.0. The predicted molar refractivity (Wildman–Crippen MR) is 68.1 cm³/mol. The number of rotatable bonds is 3. The summed E-state index contributed by atoms with van der Waals surface area (Å²) in [4.78, 5) is 8.63. The maximum Gasteiger partial charge on any atom is 0.228 e. The van der Waals surface area contributed by atoms with Gasteiger partial charge in [0.1, 0.15) is 11.6 Å². The third-order valence-electron chi connectivity index (χ3n) is 2.19. The zero-order valence-corrected chi connectivity index (χ0v) is 10.3. The van der Waals surface area contributed by atoms with Gasteiger partial charge in [-0.05, 0) is 25.1 Å². The summed E-state index contributed by atoms with van der Waals surface area (Å²) >= 11 is 1.44. The van der Waals surface area contributed by atoms with Gasteiger partial charge >= 0.3 is 0 Å². The Labute approximate surface area is 102 Å². The second-order valence-electron chi connectivity index (χ2n) is 3.33. The highest BCUT2D eigenvalue weighted by Gasteiger charge is 2.04. The average Bonchev–Trinajstić information content (AvgIpc) is 2.70. The number of benzene rings is 1. The molecule has 0 saturated heterocycles. The molecule has 0 amide bonds. The number of amidine groups is 1. The Morgan fingerprint density at radius 3 is 3.12 bits per heavy atom. The average molecular weight is 253 g/mol. The number of thiazole rings is 1. The van der Waals surface area contributed by atoms with Crippen molar-refractivity contribution in [2.45, 2.75) is 6.92 Å². The summed E-state index contributed by atoms with van der Waals surface area (Å²) in [5.41, 5.74) is 0.837. The number of hydrogen-bond acceptors (Lipinski definition) is 4. The van der Waals surface area contributed by atoms with E-state index < -0.39 is 6.86 Å². The molecule has 0 spiro atoms. The Balaban J connectivity index is 2.36. The van der Waals surface area contributed by atoms with Crippen LogP contribution in [-0.4, -0.2) is 24.7 Å². The third kappa shape index (κ3) is 2.71. The van der Waals surface area contributed by atoms with Gasteiger partial charge in [-0.2, -0.15) is 0 Å². The van der Waals surface area contributed by atoms with Gasteiger partial charge in [0.15, 0.2) is 0 Å². The van der Waals surface area contributed by atoms with E-state index in [-0.39, 0.29) is 0 Å². The van der Waals surface area contributed by atoms with E-state index in [0.717, 1.165) is 16.1 Å². The first-order chi connectivity index (χ1) is 8.22. The van der Waals surface area contributed by atoms with Crippen molar-refractivity contribution < 1.29 is 9.13 Å². The van der Waals surface area contributed by atoms with Crippen molar-refractivity contribution in [1.29, 1.82) is 0 Å². The monoisotopic (exact) mass is 253 g/mol. The molecule has 1 N–H and O–H groups in total. The van der Waals surface area contributed by atoms with Crippen LogP contribution in [0.5, 0.6) is 5.75 Å². The van der Waals surface area contributed by atoms with Crippen molar-refractivity contribution in [2.24, 2.45) is 4.99 Å². The third-order valence-corrected chi connectivity index (χ3v) is 3.11. The molecule has 0 fully saturated rings. The molecule has 0 bridgehead atoms. The van der Waals surface area contributed by atoms with E-state index in [0.29, 0.717) is 10.9 Å². The molecule has 0 atom stereocenters. The van der Waals surface area contributed by atoms with Gasteiger partial charge in [0, 0.05) is 7.05 Å². The lowest BCUT2D eigenvalue weighted by molar-refractivity contribution is 0.192. The normalized spacial score (nSPS) is 11.8. The molecule has 1 heterocycles. The van der Waals surface area contributed by atoms with Crippen LogP contribution in [0.2, 0.25) is 0 Å². The molecule has 1 aromatic carbocycles. The highest BCUT2D eigenvalue weighted by atomic mass is 32.1. The lowest BCUT2D eigenvalue weighted by atomic mass is 10.3. The summed E-state index contributed by atoms with van der Waals surface area (Å²) in [5.74, 6) is 1.30. The fourth-order valence-electron chi connectivity index (χ4n) is 1.29. The minimum absolute atomic E-state index is 0.504. The van der Waals surface area contributed by atoms with Crippen molar-refractivity contribution in [3.63, 3.8) is 0 Å². The number of hydrogen-bond donors (Lipinski definition) is 1. The van der Waals surface area contributed by atoms with E-state index in [1.165, 1.54) is 11.3 Å². The number of alkyl halides is 1. The van der Waals surface area contributed by atoms with Crippen molar-refractivity contribution in [2.75, 3.05) is 13.9 Å².